The first-order valence-corrected chi connectivity index (χ1v) is 10.5. The molecule has 0 bridgehead atoms. The number of hydrogen-bond donors (Lipinski definition) is 1. The van der Waals surface area contributed by atoms with Crippen LogP contribution in [0.5, 0.6) is 0 Å². The Hall–Kier alpha value is -2.34. The van der Waals surface area contributed by atoms with Gasteiger partial charge in [-0.1, -0.05) is 43.2 Å². The van der Waals surface area contributed by atoms with Crippen LogP contribution in [0, 0.1) is 0 Å². The summed E-state index contributed by atoms with van der Waals surface area (Å²) in [5.74, 6) is 1.47. The zero-order valence-corrected chi connectivity index (χ0v) is 16.6. The van der Waals surface area contributed by atoms with Crippen molar-refractivity contribution >= 4 is 11.8 Å². The number of ether oxygens (including phenoxy) is 1. The van der Waals surface area contributed by atoms with Gasteiger partial charge in [0.2, 0.25) is 5.95 Å². The molecule has 3 heterocycles. The fraction of sp³-hybridized carbons (Fsp3) is 0.545. The van der Waals surface area contributed by atoms with Gasteiger partial charge in [0.05, 0.1) is 12.7 Å². The van der Waals surface area contributed by atoms with Gasteiger partial charge in [0.15, 0.2) is 0 Å². The van der Waals surface area contributed by atoms with Crippen LogP contribution in [0.1, 0.15) is 38.2 Å². The number of morpholine rings is 1. The summed E-state index contributed by atoms with van der Waals surface area (Å²) in [5.41, 5.74) is 1.25. The lowest BCUT2D eigenvalue weighted by molar-refractivity contribution is 0.0529. The molecule has 1 aromatic heterocycles. The molecule has 2 saturated heterocycles. The van der Waals surface area contributed by atoms with Gasteiger partial charge in [-0.25, -0.2) is 0 Å². The minimum Gasteiger partial charge on any atom is -0.375 e. The summed E-state index contributed by atoms with van der Waals surface area (Å²) in [6.07, 6.45) is 5.84. The van der Waals surface area contributed by atoms with Crippen molar-refractivity contribution in [2.45, 2.75) is 51.2 Å². The van der Waals surface area contributed by atoms with Crippen molar-refractivity contribution in [1.29, 1.82) is 0 Å². The zero-order chi connectivity index (χ0) is 19.3. The fourth-order valence-corrected chi connectivity index (χ4v) is 4.31. The summed E-state index contributed by atoms with van der Waals surface area (Å²) < 4.78 is 5.64. The Morgan fingerprint density at radius 3 is 2.86 bits per heavy atom. The van der Waals surface area contributed by atoms with Crippen molar-refractivity contribution in [3.8, 4) is 0 Å². The molecule has 0 spiro atoms. The smallest absolute Gasteiger partial charge is 0.254 e. The van der Waals surface area contributed by atoms with E-state index in [4.69, 9.17) is 9.72 Å². The third-order valence-corrected chi connectivity index (χ3v) is 5.74. The average molecular weight is 383 g/mol. The molecule has 2 aliphatic heterocycles. The van der Waals surface area contributed by atoms with Gasteiger partial charge in [0.25, 0.3) is 5.56 Å². The highest BCUT2D eigenvalue weighted by Gasteiger charge is 2.25. The molecule has 2 unspecified atom stereocenters. The number of benzene rings is 1. The average Bonchev–Trinajstić information content (AvgIpc) is 2.94. The van der Waals surface area contributed by atoms with Crippen molar-refractivity contribution in [3.05, 3.63) is 52.3 Å². The van der Waals surface area contributed by atoms with Crippen LogP contribution in [0.15, 0.2) is 41.2 Å². The minimum absolute atomic E-state index is 0.0816. The number of aromatic nitrogens is 2. The summed E-state index contributed by atoms with van der Waals surface area (Å²) in [6, 6.07) is 12.6. The number of hydrogen-bond acceptors (Lipinski definition) is 5. The summed E-state index contributed by atoms with van der Waals surface area (Å²) >= 11 is 0. The molecule has 2 fully saturated rings. The number of anilines is 2. The molecule has 2 aliphatic rings. The number of nitrogens with zero attached hydrogens (tertiary/aromatic N) is 3. The van der Waals surface area contributed by atoms with Gasteiger partial charge in [-0.15, -0.1) is 0 Å². The third kappa shape index (κ3) is 4.55. The zero-order valence-electron chi connectivity index (χ0n) is 16.6. The van der Waals surface area contributed by atoms with Gasteiger partial charge in [0, 0.05) is 31.7 Å². The first kappa shape index (κ1) is 19.0. The molecule has 1 aromatic carbocycles. The summed E-state index contributed by atoms with van der Waals surface area (Å²) in [4.78, 5) is 24.8. The second kappa shape index (κ2) is 8.78. The van der Waals surface area contributed by atoms with E-state index in [0.29, 0.717) is 18.6 Å². The normalized spacial score (nSPS) is 23.5. The molecule has 1 N–H and O–H groups in total. The van der Waals surface area contributed by atoms with E-state index in [0.717, 1.165) is 44.7 Å². The van der Waals surface area contributed by atoms with Crippen LogP contribution in [0.2, 0.25) is 0 Å². The highest BCUT2D eigenvalue weighted by molar-refractivity contribution is 5.45. The maximum Gasteiger partial charge on any atom is 0.254 e. The van der Waals surface area contributed by atoms with E-state index in [1.165, 1.54) is 18.4 Å². The maximum absolute atomic E-state index is 12.4. The van der Waals surface area contributed by atoms with Crippen molar-refractivity contribution < 1.29 is 4.74 Å². The van der Waals surface area contributed by atoms with E-state index in [-0.39, 0.29) is 11.7 Å². The van der Waals surface area contributed by atoms with Crippen LogP contribution in [-0.4, -0.2) is 48.4 Å². The highest BCUT2D eigenvalue weighted by atomic mass is 16.5. The summed E-state index contributed by atoms with van der Waals surface area (Å²) in [5, 5.41) is 0. The molecule has 0 saturated carbocycles. The van der Waals surface area contributed by atoms with Crippen LogP contribution in [0.4, 0.5) is 11.8 Å². The van der Waals surface area contributed by atoms with Crippen molar-refractivity contribution in [2.75, 3.05) is 36.0 Å². The minimum atomic E-state index is -0.0816. The number of aromatic amines is 1. The molecule has 0 aliphatic carbocycles. The molecule has 4 rings (SSSR count). The van der Waals surface area contributed by atoms with E-state index in [1.807, 2.05) is 0 Å². The van der Waals surface area contributed by atoms with E-state index in [1.54, 1.807) is 6.07 Å². The Morgan fingerprint density at radius 2 is 2.04 bits per heavy atom. The van der Waals surface area contributed by atoms with Gasteiger partial charge in [-0.2, -0.15) is 4.98 Å². The van der Waals surface area contributed by atoms with Gasteiger partial charge >= 0.3 is 0 Å². The van der Waals surface area contributed by atoms with Crippen LogP contribution in [-0.2, 0) is 11.2 Å². The Balaban J connectivity index is 1.61. The van der Waals surface area contributed by atoms with Gasteiger partial charge in [-0.05, 0) is 31.7 Å². The van der Waals surface area contributed by atoms with E-state index in [2.05, 4.69) is 52.0 Å². The Bertz CT molecular complexity index is 823. The molecule has 28 heavy (non-hydrogen) atoms. The lowest BCUT2D eigenvalue weighted by atomic mass is 10.0. The highest BCUT2D eigenvalue weighted by Crippen LogP contribution is 2.25. The van der Waals surface area contributed by atoms with E-state index in [9.17, 15) is 4.79 Å². The van der Waals surface area contributed by atoms with Gasteiger partial charge in [-0.3, -0.25) is 9.78 Å². The van der Waals surface area contributed by atoms with Gasteiger partial charge in [0.1, 0.15) is 5.82 Å². The van der Waals surface area contributed by atoms with Crippen molar-refractivity contribution in [2.24, 2.45) is 0 Å². The van der Waals surface area contributed by atoms with E-state index < -0.39 is 0 Å². The predicted molar refractivity (Wildman–Crippen MR) is 112 cm³/mol. The predicted octanol–water partition coefficient (Wildman–Crippen LogP) is 2.99. The monoisotopic (exact) mass is 382 g/mol. The first-order valence-electron chi connectivity index (χ1n) is 10.5. The topological polar surface area (TPSA) is 61.5 Å². The molecule has 0 radical (unpaired) electrons. The van der Waals surface area contributed by atoms with Crippen LogP contribution < -0.4 is 15.4 Å². The van der Waals surface area contributed by atoms with Crippen LogP contribution >= 0.6 is 0 Å². The second-order valence-electron chi connectivity index (χ2n) is 7.94. The number of H-pyrrole nitrogens is 1. The molecule has 150 valence electrons. The molecule has 6 heteroatoms. The first-order chi connectivity index (χ1) is 13.7. The molecule has 6 nitrogen and oxygen atoms in total. The van der Waals surface area contributed by atoms with Crippen LogP contribution in [0.3, 0.4) is 0 Å². The Labute approximate surface area is 166 Å². The SMILES string of the molecule is CC1CN(c2cc(=O)[nH]c(N3CCCCCC3Cc3ccccc3)n2)CCO1. The lowest BCUT2D eigenvalue weighted by Crippen LogP contribution is -2.43. The molecule has 0 amide bonds. The second-order valence-corrected chi connectivity index (χ2v) is 7.94. The van der Waals surface area contributed by atoms with Gasteiger partial charge < -0.3 is 14.5 Å². The molecule has 2 aromatic rings. The molecular weight excluding hydrogens is 352 g/mol. The van der Waals surface area contributed by atoms with Crippen molar-refractivity contribution in [1.82, 2.24) is 9.97 Å². The van der Waals surface area contributed by atoms with Crippen molar-refractivity contribution in [3.63, 3.8) is 0 Å². The molecule has 2 atom stereocenters. The standard InChI is InChI=1S/C22H30N4O2/c1-17-16-25(12-13-28-17)20-15-21(27)24-22(23-20)26-11-7-3-6-10-19(26)14-18-8-4-2-5-9-18/h2,4-5,8-9,15,17,19H,3,6-7,10-14,16H2,1H3,(H,23,24,27). The number of nitrogens with one attached hydrogen (secondary N) is 1. The fourth-order valence-electron chi connectivity index (χ4n) is 4.31. The van der Waals surface area contributed by atoms with Crippen LogP contribution in [0.25, 0.3) is 0 Å². The summed E-state index contributed by atoms with van der Waals surface area (Å²) in [7, 11) is 0. The Kier molecular flexibility index (Phi) is 5.95. The number of rotatable bonds is 4. The van der Waals surface area contributed by atoms with E-state index >= 15 is 0 Å². The largest absolute Gasteiger partial charge is 0.375 e. The third-order valence-electron chi connectivity index (χ3n) is 5.74. The quantitative estimate of drug-likeness (QED) is 0.881. The maximum atomic E-state index is 12.4. The Morgan fingerprint density at radius 1 is 1.18 bits per heavy atom. The summed E-state index contributed by atoms with van der Waals surface area (Å²) in [6.45, 7) is 5.21. The lowest BCUT2D eigenvalue weighted by Gasteiger charge is -2.34. The molecular formula is C22H30N4O2.